The van der Waals surface area contributed by atoms with Gasteiger partial charge in [0.1, 0.15) is 0 Å². The lowest BCUT2D eigenvalue weighted by Crippen LogP contribution is -2.37. The smallest absolute Gasteiger partial charge is 0.226 e. The number of hydrogen-bond acceptors (Lipinski definition) is 2. The van der Waals surface area contributed by atoms with E-state index in [1.807, 2.05) is 52.2 Å². The van der Waals surface area contributed by atoms with Crippen LogP contribution in [0.5, 0.6) is 0 Å². The predicted octanol–water partition coefficient (Wildman–Crippen LogP) is 3.14. The largest absolute Gasteiger partial charge is 0.339 e. The maximum Gasteiger partial charge on any atom is 0.226 e. The Bertz CT molecular complexity index is 412. The van der Waals surface area contributed by atoms with Crippen molar-refractivity contribution in [3.8, 4) is 0 Å². The van der Waals surface area contributed by atoms with E-state index in [1.165, 1.54) is 0 Å². The highest BCUT2D eigenvalue weighted by Gasteiger charge is 2.21. The second-order valence-corrected chi connectivity index (χ2v) is 5.08. The molecule has 0 saturated carbocycles. The van der Waals surface area contributed by atoms with Crippen molar-refractivity contribution in [3.05, 3.63) is 34.9 Å². The number of amides is 1. The predicted molar refractivity (Wildman–Crippen MR) is 83.0 cm³/mol. The van der Waals surface area contributed by atoms with Crippen LogP contribution in [0.1, 0.15) is 25.5 Å². The van der Waals surface area contributed by atoms with Crippen molar-refractivity contribution in [2.45, 2.75) is 19.9 Å². The van der Waals surface area contributed by atoms with Crippen molar-refractivity contribution < 1.29 is 4.79 Å². The normalized spacial score (nSPS) is 13.3. The monoisotopic (exact) mass is 304 g/mol. The zero-order valence-electron chi connectivity index (χ0n) is 11.8. The topological polar surface area (TPSA) is 32.3 Å². The van der Waals surface area contributed by atoms with E-state index < -0.39 is 0 Å². The first kappa shape index (κ1) is 18.2. The van der Waals surface area contributed by atoms with Crippen LogP contribution in [0.4, 0.5) is 0 Å². The van der Waals surface area contributed by atoms with E-state index in [4.69, 9.17) is 11.6 Å². The van der Waals surface area contributed by atoms with Gasteiger partial charge in [-0.05, 0) is 31.7 Å². The summed E-state index contributed by atoms with van der Waals surface area (Å²) in [5.74, 6) is 0.110. The molecule has 19 heavy (non-hydrogen) atoms. The number of benzene rings is 1. The number of carbonyl (C=O) groups is 1. The van der Waals surface area contributed by atoms with E-state index in [0.29, 0.717) is 11.6 Å². The highest BCUT2D eigenvalue weighted by Crippen LogP contribution is 2.22. The summed E-state index contributed by atoms with van der Waals surface area (Å²) in [4.78, 5) is 14.0. The van der Waals surface area contributed by atoms with E-state index in [9.17, 15) is 4.79 Å². The second-order valence-electron chi connectivity index (χ2n) is 4.64. The van der Waals surface area contributed by atoms with Crippen LogP contribution < -0.4 is 5.32 Å². The van der Waals surface area contributed by atoms with Crippen molar-refractivity contribution >= 4 is 29.9 Å². The molecule has 2 atom stereocenters. The van der Waals surface area contributed by atoms with E-state index in [2.05, 4.69) is 5.32 Å². The number of nitrogens with one attached hydrogen (secondary N) is 1. The van der Waals surface area contributed by atoms with Gasteiger partial charge >= 0.3 is 0 Å². The number of nitrogens with zero attached hydrogens (tertiary/aromatic N) is 1. The Morgan fingerprint density at radius 1 is 1.42 bits per heavy atom. The van der Waals surface area contributed by atoms with Gasteiger partial charge in [0.2, 0.25) is 5.91 Å². The third-order valence-electron chi connectivity index (χ3n) is 3.19. The van der Waals surface area contributed by atoms with Crippen LogP contribution in [-0.4, -0.2) is 31.4 Å². The molecule has 2 unspecified atom stereocenters. The lowest BCUT2D eigenvalue weighted by molar-refractivity contribution is -0.135. The highest BCUT2D eigenvalue weighted by molar-refractivity contribution is 6.30. The van der Waals surface area contributed by atoms with E-state index in [0.717, 1.165) is 5.56 Å². The van der Waals surface area contributed by atoms with Gasteiger partial charge in [0.15, 0.2) is 0 Å². The third kappa shape index (κ3) is 5.01. The average Bonchev–Trinajstić information content (AvgIpc) is 2.36. The molecule has 1 N–H and O–H groups in total. The molecular formula is C14H22Cl2N2O. The van der Waals surface area contributed by atoms with Gasteiger partial charge in [-0.3, -0.25) is 4.79 Å². The molecule has 0 radical (unpaired) electrons. The van der Waals surface area contributed by atoms with Crippen molar-refractivity contribution in [2.24, 2.45) is 5.92 Å². The molecular weight excluding hydrogens is 283 g/mol. The highest BCUT2D eigenvalue weighted by atomic mass is 35.5. The molecule has 0 bridgehead atoms. The molecule has 0 spiro atoms. The van der Waals surface area contributed by atoms with Crippen molar-refractivity contribution in [1.29, 1.82) is 0 Å². The van der Waals surface area contributed by atoms with Crippen LogP contribution in [0.2, 0.25) is 5.02 Å². The fourth-order valence-corrected chi connectivity index (χ4v) is 2.12. The summed E-state index contributed by atoms with van der Waals surface area (Å²) >= 11 is 5.97. The van der Waals surface area contributed by atoms with E-state index in [-0.39, 0.29) is 30.3 Å². The molecule has 0 heterocycles. The molecule has 0 aliphatic rings. The summed E-state index contributed by atoms with van der Waals surface area (Å²) in [6.07, 6.45) is 0. The molecule has 108 valence electrons. The number of rotatable bonds is 5. The molecule has 0 fully saturated rings. The summed E-state index contributed by atoms with van der Waals surface area (Å²) in [6, 6.07) is 7.66. The van der Waals surface area contributed by atoms with Crippen LogP contribution in [0, 0.1) is 5.92 Å². The quantitative estimate of drug-likeness (QED) is 0.906. The SMILES string of the molecule is CNCC(C)C(=O)N(C)C(C)c1cccc(Cl)c1.Cl. The van der Waals surface area contributed by atoms with Crippen LogP contribution in [0.3, 0.4) is 0 Å². The van der Waals surface area contributed by atoms with Gasteiger partial charge in [-0.15, -0.1) is 12.4 Å². The third-order valence-corrected chi connectivity index (χ3v) is 3.43. The number of carbonyl (C=O) groups excluding carboxylic acids is 1. The molecule has 0 aliphatic carbocycles. The van der Waals surface area contributed by atoms with Crippen molar-refractivity contribution in [2.75, 3.05) is 20.6 Å². The minimum Gasteiger partial charge on any atom is -0.339 e. The summed E-state index contributed by atoms with van der Waals surface area (Å²) in [5.41, 5.74) is 1.05. The lowest BCUT2D eigenvalue weighted by atomic mass is 10.0. The Hall–Kier alpha value is -0.770. The first-order valence-electron chi connectivity index (χ1n) is 6.14. The Labute approximate surface area is 126 Å². The molecule has 0 aromatic heterocycles. The summed E-state index contributed by atoms with van der Waals surface area (Å²) < 4.78 is 0. The first-order valence-corrected chi connectivity index (χ1v) is 6.52. The van der Waals surface area contributed by atoms with E-state index >= 15 is 0 Å². The first-order chi connectivity index (χ1) is 8.47. The van der Waals surface area contributed by atoms with Gasteiger partial charge in [-0.1, -0.05) is 30.7 Å². The molecule has 3 nitrogen and oxygen atoms in total. The number of halogens is 2. The van der Waals surface area contributed by atoms with Crippen LogP contribution in [-0.2, 0) is 4.79 Å². The van der Waals surface area contributed by atoms with Gasteiger partial charge in [-0.25, -0.2) is 0 Å². The molecule has 5 heteroatoms. The molecule has 1 rings (SSSR count). The minimum absolute atomic E-state index is 0. The van der Waals surface area contributed by atoms with Gasteiger partial charge in [-0.2, -0.15) is 0 Å². The Morgan fingerprint density at radius 3 is 2.58 bits per heavy atom. The van der Waals surface area contributed by atoms with Crippen LogP contribution >= 0.6 is 24.0 Å². The van der Waals surface area contributed by atoms with Crippen molar-refractivity contribution in [3.63, 3.8) is 0 Å². The molecule has 1 amide bonds. The average molecular weight is 305 g/mol. The molecule has 1 aromatic carbocycles. The fourth-order valence-electron chi connectivity index (χ4n) is 1.92. The molecule has 0 saturated heterocycles. The zero-order valence-corrected chi connectivity index (χ0v) is 13.4. The fraction of sp³-hybridized carbons (Fsp3) is 0.500. The molecule has 0 aliphatic heterocycles. The Morgan fingerprint density at radius 2 is 2.05 bits per heavy atom. The zero-order chi connectivity index (χ0) is 13.7. The summed E-state index contributed by atoms with van der Waals surface area (Å²) in [7, 11) is 3.68. The van der Waals surface area contributed by atoms with Crippen molar-refractivity contribution in [1.82, 2.24) is 10.2 Å². The van der Waals surface area contributed by atoms with Crippen LogP contribution in [0.25, 0.3) is 0 Å². The maximum atomic E-state index is 12.2. The lowest BCUT2D eigenvalue weighted by Gasteiger charge is -2.28. The van der Waals surface area contributed by atoms with Gasteiger partial charge in [0.25, 0.3) is 0 Å². The second kappa shape index (κ2) is 8.41. The minimum atomic E-state index is -0.0263. The van der Waals surface area contributed by atoms with Crippen LogP contribution in [0.15, 0.2) is 24.3 Å². The standard InChI is InChI=1S/C14H21ClN2O.ClH/c1-10(9-16-3)14(18)17(4)11(2)12-6-5-7-13(15)8-12;/h5-8,10-11,16H,9H2,1-4H3;1H. The summed E-state index contributed by atoms with van der Waals surface area (Å²) in [5, 5.41) is 3.72. The number of hydrogen-bond donors (Lipinski definition) is 1. The van der Waals surface area contributed by atoms with Gasteiger partial charge in [0, 0.05) is 24.5 Å². The Balaban J connectivity index is 0.00000324. The Kier molecular flexibility index (Phi) is 8.07. The maximum absolute atomic E-state index is 12.2. The molecule has 1 aromatic rings. The van der Waals surface area contributed by atoms with E-state index in [1.54, 1.807) is 4.90 Å². The summed E-state index contributed by atoms with van der Waals surface area (Å²) in [6.45, 7) is 4.63. The van der Waals surface area contributed by atoms with Gasteiger partial charge < -0.3 is 10.2 Å². The van der Waals surface area contributed by atoms with Gasteiger partial charge in [0.05, 0.1) is 6.04 Å².